The summed E-state index contributed by atoms with van der Waals surface area (Å²) in [5.41, 5.74) is 8.26. The molecule has 0 saturated heterocycles. The van der Waals surface area contributed by atoms with E-state index in [0.717, 1.165) is 6.42 Å². The Morgan fingerprint density at radius 1 is 0.481 bits per heavy atom. The Hall–Kier alpha value is -3.38. The van der Waals surface area contributed by atoms with Crippen molar-refractivity contribution < 1.29 is 0 Å². The van der Waals surface area contributed by atoms with Gasteiger partial charge < -0.3 is 0 Å². The molecule has 0 unspecified atom stereocenters. The fraction of sp³-hybridized carbons (Fsp3) is 0.0370. The van der Waals surface area contributed by atoms with Gasteiger partial charge in [-0.15, -0.1) is 0 Å². The van der Waals surface area contributed by atoms with Crippen LogP contribution in [0.25, 0.3) is 43.8 Å². The maximum atomic E-state index is 2.38. The third kappa shape index (κ3) is 2.23. The zero-order valence-corrected chi connectivity index (χ0v) is 14.9. The summed E-state index contributed by atoms with van der Waals surface area (Å²) in [4.78, 5) is 0. The van der Waals surface area contributed by atoms with E-state index in [4.69, 9.17) is 0 Å². The number of hydrogen-bond acceptors (Lipinski definition) is 0. The Morgan fingerprint density at radius 3 is 2.11 bits per heavy atom. The molecule has 0 bridgehead atoms. The zero-order valence-electron chi connectivity index (χ0n) is 14.9. The molecule has 0 radical (unpaired) electrons. The summed E-state index contributed by atoms with van der Waals surface area (Å²) < 4.78 is 0. The van der Waals surface area contributed by atoms with Crippen LogP contribution in [-0.2, 0) is 6.42 Å². The second-order valence-corrected chi connectivity index (χ2v) is 7.43. The predicted molar refractivity (Wildman–Crippen MR) is 115 cm³/mol. The SMILES string of the molecule is c1ccc2c(c1)Cc1ccc3ccc(-c4ccc5ccccc5c4)cc3c1-2. The molecule has 0 heteroatoms. The summed E-state index contributed by atoms with van der Waals surface area (Å²) in [6.45, 7) is 0. The predicted octanol–water partition coefficient (Wildman–Crippen LogP) is 7.23. The normalized spacial score (nSPS) is 12.3. The molecule has 126 valence electrons. The van der Waals surface area contributed by atoms with Crippen molar-refractivity contribution in [2.24, 2.45) is 0 Å². The standard InChI is InChI=1S/C27H18/c1-2-6-20-15-21(12-9-18(20)5-1)22-13-10-19-11-14-24-16-23-7-3-4-8-25(23)27(24)26(19)17-22/h1-15,17H,16H2. The first kappa shape index (κ1) is 14.8. The van der Waals surface area contributed by atoms with Crippen LogP contribution >= 0.6 is 0 Å². The molecule has 5 aromatic rings. The molecule has 0 saturated carbocycles. The second kappa shape index (κ2) is 5.56. The molecule has 0 amide bonds. The lowest BCUT2D eigenvalue weighted by molar-refractivity contribution is 1.27. The average Bonchev–Trinajstić information content (AvgIpc) is 3.12. The van der Waals surface area contributed by atoms with Crippen LogP contribution in [0.15, 0.2) is 97.1 Å². The van der Waals surface area contributed by atoms with E-state index >= 15 is 0 Å². The zero-order chi connectivity index (χ0) is 17.8. The number of rotatable bonds is 1. The highest BCUT2D eigenvalue weighted by Crippen LogP contribution is 2.42. The van der Waals surface area contributed by atoms with E-state index in [2.05, 4.69) is 97.1 Å². The lowest BCUT2D eigenvalue weighted by atomic mass is 9.94. The molecule has 6 rings (SSSR count). The number of fused-ring (bicyclic) bond motifs is 6. The molecule has 5 aromatic carbocycles. The molecule has 0 spiro atoms. The van der Waals surface area contributed by atoms with Crippen molar-refractivity contribution >= 4 is 21.5 Å². The van der Waals surface area contributed by atoms with Crippen LogP contribution in [0.4, 0.5) is 0 Å². The topological polar surface area (TPSA) is 0 Å². The monoisotopic (exact) mass is 342 g/mol. The summed E-state index contributed by atoms with van der Waals surface area (Å²) in [6, 6.07) is 35.6. The van der Waals surface area contributed by atoms with Crippen LogP contribution < -0.4 is 0 Å². The van der Waals surface area contributed by atoms with Gasteiger partial charge in [0.2, 0.25) is 0 Å². The van der Waals surface area contributed by atoms with Crippen LogP contribution in [0, 0.1) is 0 Å². The average molecular weight is 342 g/mol. The van der Waals surface area contributed by atoms with Gasteiger partial charge in [0, 0.05) is 0 Å². The highest BCUT2D eigenvalue weighted by molar-refractivity contribution is 6.03. The minimum Gasteiger partial charge on any atom is -0.0619 e. The van der Waals surface area contributed by atoms with Crippen molar-refractivity contribution in [3.63, 3.8) is 0 Å². The Balaban J connectivity index is 1.60. The minimum atomic E-state index is 1.04. The van der Waals surface area contributed by atoms with Crippen molar-refractivity contribution in [3.8, 4) is 22.3 Å². The molecule has 0 nitrogen and oxygen atoms in total. The molecule has 0 fully saturated rings. The Bertz CT molecular complexity index is 1340. The van der Waals surface area contributed by atoms with Gasteiger partial charge in [0.05, 0.1) is 0 Å². The molecule has 1 aliphatic carbocycles. The van der Waals surface area contributed by atoms with Gasteiger partial charge in [0.15, 0.2) is 0 Å². The van der Waals surface area contributed by atoms with Crippen molar-refractivity contribution in [1.29, 1.82) is 0 Å². The molecule has 0 atom stereocenters. The van der Waals surface area contributed by atoms with Gasteiger partial charge >= 0.3 is 0 Å². The fourth-order valence-electron chi connectivity index (χ4n) is 4.50. The maximum absolute atomic E-state index is 2.38. The highest BCUT2D eigenvalue weighted by atomic mass is 14.2. The van der Waals surface area contributed by atoms with Gasteiger partial charge in [0.1, 0.15) is 0 Å². The van der Waals surface area contributed by atoms with E-state index in [1.807, 2.05) is 0 Å². The summed E-state index contributed by atoms with van der Waals surface area (Å²) in [6.07, 6.45) is 1.04. The van der Waals surface area contributed by atoms with Crippen molar-refractivity contribution in [2.45, 2.75) is 6.42 Å². The lowest BCUT2D eigenvalue weighted by Crippen LogP contribution is -1.85. The van der Waals surface area contributed by atoms with Crippen LogP contribution in [0.3, 0.4) is 0 Å². The van der Waals surface area contributed by atoms with Crippen LogP contribution in [0.2, 0.25) is 0 Å². The molecule has 0 N–H and O–H groups in total. The largest absolute Gasteiger partial charge is 0.0619 e. The first-order valence-electron chi connectivity index (χ1n) is 9.50. The molecule has 0 aromatic heterocycles. The fourth-order valence-corrected chi connectivity index (χ4v) is 4.50. The first-order chi connectivity index (χ1) is 13.4. The first-order valence-corrected chi connectivity index (χ1v) is 9.50. The number of hydrogen-bond donors (Lipinski definition) is 0. The van der Waals surface area contributed by atoms with Gasteiger partial charge in [-0.1, -0.05) is 84.9 Å². The quantitative estimate of drug-likeness (QED) is 0.296. The third-order valence-electron chi connectivity index (χ3n) is 5.86. The van der Waals surface area contributed by atoms with Gasteiger partial charge in [-0.2, -0.15) is 0 Å². The molecule has 1 aliphatic rings. The van der Waals surface area contributed by atoms with Gasteiger partial charge in [-0.05, 0) is 73.5 Å². The Labute approximate surface area is 158 Å². The van der Waals surface area contributed by atoms with E-state index in [9.17, 15) is 0 Å². The van der Waals surface area contributed by atoms with Gasteiger partial charge in [-0.3, -0.25) is 0 Å². The lowest BCUT2D eigenvalue weighted by Gasteiger charge is -2.10. The van der Waals surface area contributed by atoms with E-state index in [1.54, 1.807) is 0 Å². The highest BCUT2D eigenvalue weighted by Gasteiger charge is 2.20. The molecule has 27 heavy (non-hydrogen) atoms. The Kier molecular flexibility index (Phi) is 3.04. The van der Waals surface area contributed by atoms with Crippen LogP contribution in [0.5, 0.6) is 0 Å². The summed E-state index contributed by atoms with van der Waals surface area (Å²) in [5.74, 6) is 0. The Morgan fingerprint density at radius 2 is 1.19 bits per heavy atom. The maximum Gasteiger partial charge on any atom is -0.00132 e. The molecular weight excluding hydrogens is 324 g/mol. The van der Waals surface area contributed by atoms with E-state index in [-0.39, 0.29) is 0 Å². The van der Waals surface area contributed by atoms with Crippen molar-refractivity contribution in [1.82, 2.24) is 0 Å². The van der Waals surface area contributed by atoms with E-state index < -0.39 is 0 Å². The van der Waals surface area contributed by atoms with E-state index in [1.165, 1.54) is 54.9 Å². The van der Waals surface area contributed by atoms with Crippen molar-refractivity contribution in [3.05, 3.63) is 108 Å². The van der Waals surface area contributed by atoms with Gasteiger partial charge in [0.25, 0.3) is 0 Å². The van der Waals surface area contributed by atoms with Gasteiger partial charge in [-0.25, -0.2) is 0 Å². The molecular formula is C27H18. The number of benzene rings is 5. The molecule has 0 aliphatic heterocycles. The summed E-state index contributed by atoms with van der Waals surface area (Å²) >= 11 is 0. The van der Waals surface area contributed by atoms with E-state index in [0.29, 0.717) is 0 Å². The third-order valence-corrected chi connectivity index (χ3v) is 5.86. The second-order valence-electron chi connectivity index (χ2n) is 7.43. The summed E-state index contributed by atoms with van der Waals surface area (Å²) in [5, 5.41) is 5.26. The van der Waals surface area contributed by atoms with Crippen LogP contribution in [-0.4, -0.2) is 0 Å². The minimum absolute atomic E-state index is 1.04. The van der Waals surface area contributed by atoms with Crippen LogP contribution in [0.1, 0.15) is 11.1 Å². The summed E-state index contributed by atoms with van der Waals surface area (Å²) in [7, 11) is 0. The van der Waals surface area contributed by atoms with Crippen molar-refractivity contribution in [2.75, 3.05) is 0 Å². The molecule has 0 heterocycles. The smallest absolute Gasteiger partial charge is 0.00132 e.